The average molecular weight is 348 g/mol. The van der Waals surface area contributed by atoms with Gasteiger partial charge >= 0.3 is 5.97 Å². The minimum absolute atomic E-state index is 0.410. The van der Waals surface area contributed by atoms with Gasteiger partial charge in [0.05, 0.1) is 18.8 Å². The van der Waals surface area contributed by atoms with Gasteiger partial charge in [0.25, 0.3) is 0 Å². The van der Waals surface area contributed by atoms with Crippen LogP contribution in [0, 0.1) is 0 Å². The number of nitrogens with two attached hydrogens (primary N) is 1. The molecule has 0 rings (SSSR count). The van der Waals surface area contributed by atoms with Crippen molar-refractivity contribution >= 4 is 23.7 Å². The molecule has 0 saturated carbocycles. The standard InChI is InChI=1S/C13H24N4O7/c1-5(13(23)24)15-11(21)10(7(3)19)17-12(22)9(6(2)18)16-8(20)4-14/h5-7,9-10,18-19H,4,14H2,1-3H3,(H,15,21)(H,16,20)(H,17,22)(H,23,24). The quantitative estimate of drug-likeness (QED) is 0.221. The molecule has 5 unspecified atom stereocenters. The molecule has 0 aromatic carbocycles. The van der Waals surface area contributed by atoms with Crippen LogP contribution in [0.1, 0.15) is 20.8 Å². The zero-order valence-corrected chi connectivity index (χ0v) is 13.6. The maximum absolute atomic E-state index is 12.1. The van der Waals surface area contributed by atoms with E-state index in [-0.39, 0.29) is 0 Å². The lowest BCUT2D eigenvalue weighted by molar-refractivity contribution is -0.142. The molecule has 0 bridgehead atoms. The summed E-state index contributed by atoms with van der Waals surface area (Å²) < 4.78 is 0. The molecule has 0 aliphatic carbocycles. The third-order valence-electron chi connectivity index (χ3n) is 3.06. The zero-order chi connectivity index (χ0) is 19.0. The van der Waals surface area contributed by atoms with Crippen LogP contribution in [-0.4, -0.2) is 75.9 Å². The van der Waals surface area contributed by atoms with Gasteiger partial charge < -0.3 is 37.0 Å². The molecule has 0 radical (unpaired) electrons. The van der Waals surface area contributed by atoms with Crippen molar-refractivity contribution in [2.24, 2.45) is 5.73 Å². The summed E-state index contributed by atoms with van der Waals surface area (Å²) in [6.07, 6.45) is -2.65. The van der Waals surface area contributed by atoms with E-state index in [0.717, 1.165) is 0 Å². The minimum atomic E-state index is -1.48. The molecule has 11 nitrogen and oxygen atoms in total. The lowest BCUT2D eigenvalue weighted by Gasteiger charge is -2.26. The molecule has 0 aliphatic heterocycles. The molecule has 0 fully saturated rings. The van der Waals surface area contributed by atoms with E-state index < -0.39 is 60.6 Å². The molecule has 11 heteroatoms. The van der Waals surface area contributed by atoms with Crippen molar-refractivity contribution in [3.8, 4) is 0 Å². The Balaban J connectivity index is 5.08. The number of carboxylic acids is 1. The smallest absolute Gasteiger partial charge is 0.325 e. The monoisotopic (exact) mass is 348 g/mol. The summed E-state index contributed by atoms with van der Waals surface area (Å²) in [4.78, 5) is 46.2. The molecule has 0 aromatic rings. The molecule has 0 spiro atoms. The second-order valence-electron chi connectivity index (χ2n) is 5.29. The van der Waals surface area contributed by atoms with Crippen LogP contribution in [0.25, 0.3) is 0 Å². The van der Waals surface area contributed by atoms with Gasteiger partial charge in [0.2, 0.25) is 17.7 Å². The number of carbonyl (C=O) groups is 4. The summed E-state index contributed by atoms with van der Waals surface area (Å²) in [7, 11) is 0. The summed E-state index contributed by atoms with van der Waals surface area (Å²) in [5.41, 5.74) is 5.12. The van der Waals surface area contributed by atoms with Crippen molar-refractivity contribution in [2.45, 2.75) is 51.1 Å². The maximum Gasteiger partial charge on any atom is 0.325 e. The van der Waals surface area contributed by atoms with Gasteiger partial charge in [-0.1, -0.05) is 0 Å². The second-order valence-corrected chi connectivity index (χ2v) is 5.29. The van der Waals surface area contributed by atoms with Gasteiger partial charge in [-0.3, -0.25) is 19.2 Å². The number of hydrogen-bond acceptors (Lipinski definition) is 7. The Morgan fingerprint density at radius 3 is 1.67 bits per heavy atom. The SMILES string of the molecule is CC(NC(=O)C(NC(=O)C(NC(=O)CN)C(C)O)C(C)O)C(=O)O. The number of aliphatic hydroxyl groups excluding tert-OH is 2. The largest absolute Gasteiger partial charge is 0.480 e. The number of aliphatic carboxylic acids is 1. The van der Waals surface area contributed by atoms with E-state index in [0.29, 0.717) is 0 Å². The number of hydrogen-bond donors (Lipinski definition) is 7. The van der Waals surface area contributed by atoms with Crippen molar-refractivity contribution in [2.75, 3.05) is 6.54 Å². The predicted octanol–water partition coefficient (Wildman–Crippen LogP) is -3.73. The van der Waals surface area contributed by atoms with Crippen LogP contribution in [0.3, 0.4) is 0 Å². The van der Waals surface area contributed by atoms with Crippen molar-refractivity contribution in [1.82, 2.24) is 16.0 Å². The van der Waals surface area contributed by atoms with Crippen molar-refractivity contribution in [3.63, 3.8) is 0 Å². The van der Waals surface area contributed by atoms with Crippen LogP contribution in [0.15, 0.2) is 0 Å². The highest BCUT2D eigenvalue weighted by Crippen LogP contribution is 1.99. The number of aliphatic hydroxyl groups is 2. The zero-order valence-electron chi connectivity index (χ0n) is 13.6. The van der Waals surface area contributed by atoms with Crippen molar-refractivity contribution in [3.05, 3.63) is 0 Å². The van der Waals surface area contributed by atoms with Crippen LogP contribution in [0.5, 0.6) is 0 Å². The van der Waals surface area contributed by atoms with Crippen LogP contribution in [0.2, 0.25) is 0 Å². The summed E-state index contributed by atoms with van der Waals surface area (Å²) in [6, 6.07) is -4.11. The number of nitrogens with one attached hydrogen (secondary N) is 3. The van der Waals surface area contributed by atoms with E-state index in [9.17, 15) is 29.4 Å². The van der Waals surface area contributed by atoms with Gasteiger partial charge in [0.15, 0.2) is 0 Å². The minimum Gasteiger partial charge on any atom is -0.480 e. The van der Waals surface area contributed by atoms with Gasteiger partial charge in [-0.05, 0) is 20.8 Å². The van der Waals surface area contributed by atoms with Crippen molar-refractivity contribution in [1.29, 1.82) is 0 Å². The van der Waals surface area contributed by atoms with Crippen LogP contribution >= 0.6 is 0 Å². The van der Waals surface area contributed by atoms with Gasteiger partial charge in [-0.2, -0.15) is 0 Å². The first-order valence-electron chi connectivity index (χ1n) is 7.20. The van der Waals surface area contributed by atoms with Gasteiger partial charge in [0, 0.05) is 0 Å². The first-order valence-corrected chi connectivity index (χ1v) is 7.20. The van der Waals surface area contributed by atoms with Crippen molar-refractivity contribution < 1.29 is 34.5 Å². The topological polar surface area (TPSA) is 191 Å². The number of carboxylic acid groups (broad SMARTS) is 1. The van der Waals surface area contributed by atoms with Crippen LogP contribution < -0.4 is 21.7 Å². The second kappa shape index (κ2) is 9.80. The fourth-order valence-corrected chi connectivity index (χ4v) is 1.65. The normalized spacial score (nSPS) is 16.9. The highest BCUT2D eigenvalue weighted by Gasteiger charge is 2.32. The molecule has 0 saturated heterocycles. The summed E-state index contributed by atoms with van der Waals surface area (Å²) >= 11 is 0. The summed E-state index contributed by atoms with van der Waals surface area (Å²) in [5, 5.41) is 34.4. The third-order valence-corrected chi connectivity index (χ3v) is 3.06. The molecule has 0 aliphatic rings. The number of amides is 3. The first kappa shape index (κ1) is 21.8. The molecule has 5 atom stereocenters. The lowest BCUT2D eigenvalue weighted by Crippen LogP contribution is -2.61. The molecule has 24 heavy (non-hydrogen) atoms. The third kappa shape index (κ3) is 6.89. The van der Waals surface area contributed by atoms with E-state index >= 15 is 0 Å². The fourth-order valence-electron chi connectivity index (χ4n) is 1.65. The lowest BCUT2D eigenvalue weighted by atomic mass is 10.1. The van der Waals surface area contributed by atoms with Crippen LogP contribution in [-0.2, 0) is 19.2 Å². The number of rotatable bonds is 9. The van der Waals surface area contributed by atoms with E-state index in [1.165, 1.54) is 20.8 Å². The molecule has 0 aromatic heterocycles. The Morgan fingerprint density at radius 2 is 1.29 bits per heavy atom. The highest BCUT2D eigenvalue weighted by molar-refractivity contribution is 5.94. The van der Waals surface area contributed by atoms with Gasteiger partial charge in [-0.15, -0.1) is 0 Å². The Morgan fingerprint density at radius 1 is 0.875 bits per heavy atom. The number of carbonyl (C=O) groups excluding carboxylic acids is 3. The van der Waals surface area contributed by atoms with E-state index in [4.69, 9.17) is 10.8 Å². The molecule has 0 heterocycles. The predicted molar refractivity (Wildman–Crippen MR) is 81.5 cm³/mol. The van der Waals surface area contributed by atoms with Gasteiger partial charge in [-0.25, -0.2) is 0 Å². The molecular weight excluding hydrogens is 324 g/mol. The first-order chi connectivity index (χ1) is 11.0. The Bertz CT molecular complexity index is 481. The highest BCUT2D eigenvalue weighted by atomic mass is 16.4. The molecule has 3 amide bonds. The molecular formula is C13H24N4O7. The van der Waals surface area contributed by atoms with E-state index in [1.807, 2.05) is 0 Å². The Kier molecular flexibility index (Phi) is 8.89. The molecule has 8 N–H and O–H groups in total. The molecule has 138 valence electrons. The van der Waals surface area contributed by atoms with Gasteiger partial charge in [0.1, 0.15) is 18.1 Å². The van der Waals surface area contributed by atoms with Crippen LogP contribution in [0.4, 0.5) is 0 Å². The summed E-state index contributed by atoms with van der Waals surface area (Å²) in [5.74, 6) is -3.86. The van der Waals surface area contributed by atoms with E-state index in [2.05, 4.69) is 16.0 Å². The maximum atomic E-state index is 12.1. The summed E-state index contributed by atoms with van der Waals surface area (Å²) in [6.45, 7) is 3.25. The Labute approximate surface area is 138 Å². The average Bonchev–Trinajstić information content (AvgIpc) is 2.48. The Hall–Kier alpha value is -2.24. The van der Waals surface area contributed by atoms with E-state index in [1.54, 1.807) is 0 Å². The fraction of sp³-hybridized carbons (Fsp3) is 0.692.